The van der Waals surface area contributed by atoms with Gasteiger partial charge in [-0.1, -0.05) is 20.8 Å². The third-order valence-corrected chi connectivity index (χ3v) is 2.83. The summed E-state index contributed by atoms with van der Waals surface area (Å²) in [7, 11) is 0. The van der Waals surface area contributed by atoms with Crippen LogP contribution in [0.1, 0.15) is 52.9 Å². The third-order valence-electron chi connectivity index (χ3n) is 2.83. The smallest absolute Gasteiger partial charge is 0.220 e. The average molecular weight is 212 g/mol. The van der Waals surface area contributed by atoms with Gasteiger partial charge in [-0.25, -0.2) is 0 Å². The Bertz CT molecular complexity index is 212. The maximum absolute atomic E-state index is 11.7. The van der Waals surface area contributed by atoms with Crippen molar-refractivity contribution in [1.82, 2.24) is 5.32 Å². The number of rotatable bonds is 2. The van der Waals surface area contributed by atoms with E-state index in [9.17, 15) is 4.79 Å². The van der Waals surface area contributed by atoms with Gasteiger partial charge in [-0.05, 0) is 31.1 Å². The van der Waals surface area contributed by atoms with Crippen molar-refractivity contribution in [2.45, 2.75) is 65.0 Å². The van der Waals surface area contributed by atoms with Crippen LogP contribution in [0.3, 0.4) is 0 Å². The van der Waals surface area contributed by atoms with Crippen molar-refractivity contribution in [3.63, 3.8) is 0 Å². The minimum Gasteiger partial charge on any atom is -0.353 e. The van der Waals surface area contributed by atoms with Gasteiger partial charge in [-0.3, -0.25) is 4.79 Å². The summed E-state index contributed by atoms with van der Waals surface area (Å²) >= 11 is 0. The molecule has 15 heavy (non-hydrogen) atoms. The number of carbonyl (C=O) groups is 1. The van der Waals surface area contributed by atoms with Crippen LogP contribution in [-0.2, 0) is 4.79 Å². The van der Waals surface area contributed by atoms with Crippen molar-refractivity contribution in [2.75, 3.05) is 0 Å². The summed E-state index contributed by atoms with van der Waals surface area (Å²) in [6.07, 6.45) is 4.77. The molecular weight excluding hydrogens is 188 g/mol. The fraction of sp³-hybridized carbons (Fsp3) is 0.917. The largest absolute Gasteiger partial charge is 0.353 e. The topological polar surface area (TPSA) is 55.1 Å². The van der Waals surface area contributed by atoms with E-state index in [2.05, 4.69) is 26.1 Å². The van der Waals surface area contributed by atoms with E-state index in [0.29, 0.717) is 18.5 Å². The monoisotopic (exact) mass is 212 g/mol. The van der Waals surface area contributed by atoms with Gasteiger partial charge in [0.05, 0.1) is 0 Å². The maximum Gasteiger partial charge on any atom is 0.220 e. The highest BCUT2D eigenvalue weighted by molar-refractivity contribution is 5.76. The molecule has 3 N–H and O–H groups in total. The molecule has 1 aliphatic carbocycles. The molecule has 0 aromatic rings. The van der Waals surface area contributed by atoms with E-state index in [0.717, 1.165) is 25.7 Å². The molecule has 0 radical (unpaired) electrons. The van der Waals surface area contributed by atoms with Gasteiger partial charge < -0.3 is 11.1 Å². The van der Waals surface area contributed by atoms with Crippen LogP contribution < -0.4 is 11.1 Å². The normalized spacial score (nSPS) is 27.5. The molecule has 1 saturated carbocycles. The quantitative estimate of drug-likeness (QED) is 0.733. The maximum atomic E-state index is 11.7. The van der Waals surface area contributed by atoms with Crippen LogP contribution in [-0.4, -0.2) is 18.0 Å². The first-order chi connectivity index (χ1) is 6.87. The minimum atomic E-state index is 0.0785. The second kappa shape index (κ2) is 4.97. The van der Waals surface area contributed by atoms with Crippen molar-refractivity contribution >= 4 is 5.91 Å². The van der Waals surface area contributed by atoms with Crippen LogP contribution in [0.2, 0.25) is 0 Å². The first-order valence-corrected chi connectivity index (χ1v) is 5.92. The van der Waals surface area contributed by atoms with Crippen molar-refractivity contribution in [3.05, 3.63) is 0 Å². The molecule has 1 fully saturated rings. The van der Waals surface area contributed by atoms with E-state index >= 15 is 0 Å². The van der Waals surface area contributed by atoms with Crippen molar-refractivity contribution < 1.29 is 4.79 Å². The lowest BCUT2D eigenvalue weighted by Gasteiger charge is -2.28. The summed E-state index contributed by atoms with van der Waals surface area (Å²) < 4.78 is 0. The van der Waals surface area contributed by atoms with Crippen LogP contribution in [0.15, 0.2) is 0 Å². The zero-order valence-electron chi connectivity index (χ0n) is 10.2. The van der Waals surface area contributed by atoms with Crippen LogP contribution in [0.5, 0.6) is 0 Å². The Kier molecular flexibility index (Phi) is 4.14. The Morgan fingerprint density at radius 3 is 2.27 bits per heavy atom. The summed E-state index contributed by atoms with van der Waals surface area (Å²) in [5.41, 5.74) is 5.90. The molecule has 0 saturated heterocycles. The Hall–Kier alpha value is -0.570. The molecule has 0 bridgehead atoms. The molecule has 1 aliphatic rings. The van der Waals surface area contributed by atoms with E-state index in [1.54, 1.807) is 0 Å². The van der Waals surface area contributed by atoms with E-state index < -0.39 is 0 Å². The first kappa shape index (κ1) is 12.5. The highest BCUT2D eigenvalue weighted by Crippen LogP contribution is 2.20. The Labute approximate surface area is 92.8 Å². The molecule has 0 unspecified atom stereocenters. The van der Waals surface area contributed by atoms with E-state index in [1.165, 1.54) is 0 Å². The van der Waals surface area contributed by atoms with Gasteiger partial charge in [0.1, 0.15) is 0 Å². The molecule has 0 atom stereocenters. The van der Waals surface area contributed by atoms with Crippen LogP contribution >= 0.6 is 0 Å². The van der Waals surface area contributed by atoms with E-state index in [-0.39, 0.29) is 11.3 Å². The predicted octanol–water partition coefficient (Wildman–Crippen LogP) is 1.81. The SMILES string of the molecule is CC(C)(C)CC(=O)N[C@H]1CC[C@@H](N)CC1. The standard InChI is InChI=1S/C12H24N2O/c1-12(2,3)8-11(15)14-10-6-4-9(13)5-7-10/h9-10H,4-8,13H2,1-3H3,(H,14,15)/t9-,10+. The lowest BCUT2D eigenvalue weighted by Crippen LogP contribution is -2.41. The molecule has 0 heterocycles. The summed E-state index contributed by atoms with van der Waals surface area (Å²) in [4.78, 5) is 11.7. The Balaban J connectivity index is 2.27. The van der Waals surface area contributed by atoms with E-state index in [4.69, 9.17) is 5.73 Å². The molecule has 0 aliphatic heterocycles. The van der Waals surface area contributed by atoms with Crippen LogP contribution in [0, 0.1) is 5.41 Å². The van der Waals surface area contributed by atoms with Crippen molar-refractivity contribution in [1.29, 1.82) is 0 Å². The second-order valence-electron chi connectivity index (χ2n) is 5.92. The van der Waals surface area contributed by atoms with Gasteiger partial charge in [-0.2, -0.15) is 0 Å². The molecule has 0 aromatic carbocycles. The number of nitrogens with two attached hydrogens (primary N) is 1. The number of carbonyl (C=O) groups excluding carboxylic acids is 1. The number of hydrogen-bond acceptors (Lipinski definition) is 2. The highest BCUT2D eigenvalue weighted by Gasteiger charge is 2.22. The predicted molar refractivity (Wildman–Crippen MR) is 62.4 cm³/mol. The third kappa shape index (κ3) is 5.17. The molecule has 1 rings (SSSR count). The van der Waals surface area contributed by atoms with Gasteiger partial charge in [0.15, 0.2) is 0 Å². The fourth-order valence-corrected chi connectivity index (χ4v) is 2.02. The lowest BCUT2D eigenvalue weighted by atomic mass is 9.89. The minimum absolute atomic E-state index is 0.0785. The summed E-state index contributed by atoms with van der Waals surface area (Å²) in [6, 6.07) is 0.709. The van der Waals surface area contributed by atoms with Gasteiger partial charge in [-0.15, -0.1) is 0 Å². The summed E-state index contributed by atoms with van der Waals surface area (Å²) in [6.45, 7) is 6.26. The molecule has 1 amide bonds. The molecule has 3 nitrogen and oxygen atoms in total. The summed E-state index contributed by atoms with van der Waals surface area (Å²) in [5, 5.41) is 3.10. The molecule has 3 heteroatoms. The second-order valence-corrected chi connectivity index (χ2v) is 5.92. The summed E-state index contributed by atoms with van der Waals surface area (Å²) in [5.74, 6) is 0.183. The van der Waals surface area contributed by atoms with Gasteiger partial charge >= 0.3 is 0 Å². The van der Waals surface area contributed by atoms with Gasteiger partial charge in [0.25, 0.3) is 0 Å². The van der Waals surface area contributed by atoms with Gasteiger partial charge in [0, 0.05) is 18.5 Å². The molecule has 88 valence electrons. The van der Waals surface area contributed by atoms with Crippen molar-refractivity contribution in [2.24, 2.45) is 11.1 Å². The van der Waals surface area contributed by atoms with Gasteiger partial charge in [0.2, 0.25) is 5.91 Å². The lowest BCUT2D eigenvalue weighted by molar-refractivity contribution is -0.123. The number of amides is 1. The van der Waals surface area contributed by atoms with E-state index in [1.807, 2.05) is 0 Å². The molecular formula is C12H24N2O. The van der Waals surface area contributed by atoms with Crippen LogP contribution in [0.25, 0.3) is 0 Å². The molecule has 0 aromatic heterocycles. The zero-order chi connectivity index (χ0) is 11.5. The first-order valence-electron chi connectivity index (χ1n) is 5.92. The fourth-order valence-electron chi connectivity index (χ4n) is 2.02. The van der Waals surface area contributed by atoms with Crippen LogP contribution in [0.4, 0.5) is 0 Å². The molecule has 0 spiro atoms. The number of nitrogens with one attached hydrogen (secondary N) is 1. The zero-order valence-corrected chi connectivity index (χ0v) is 10.2. The number of hydrogen-bond donors (Lipinski definition) is 2. The Morgan fingerprint density at radius 1 is 1.27 bits per heavy atom. The Morgan fingerprint density at radius 2 is 1.80 bits per heavy atom. The highest BCUT2D eigenvalue weighted by atomic mass is 16.1. The average Bonchev–Trinajstić information content (AvgIpc) is 2.05. The van der Waals surface area contributed by atoms with Crippen molar-refractivity contribution in [3.8, 4) is 0 Å².